The minimum atomic E-state index is -0.434. The number of carbonyl (C=O) groups excluding carboxylic acids is 1. The van der Waals surface area contributed by atoms with Crippen LogP contribution >= 0.6 is 0 Å². The van der Waals surface area contributed by atoms with Gasteiger partial charge in [-0.1, -0.05) is 11.6 Å². The maximum Gasteiger partial charge on any atom is 0.411 e. The van der Waals surface area contributed by atoms with Crippen molar-refractivity contribution in [2.24, 2.45) is 0 Å². The van der Waals surface area contributed by atoms with Crippen LogP contribution in [0.25, 0.3) is 0 Å². The number of carbonyl (C=O) groups is 1. The average molecular weight is 323 g/mol. The summed E-state index contributed by atoms with van der Waals surface area (Å²) in [6, 6.07) is 0.495. The molecule has 0 radical (unpaired) electrons. The first kappa shape index (κ1) is 16.8. The Morgan fingerprint density at radius 3 is 2.70 bits per heavy atom. The normalized spacial score (nSPS) is 28.7. The fourth-order valence-electron chi connectivity index (χ4n) is 3.71. The van der Waals surface area contributed by atoms with E-state index in [0.717, 1.165) is 51.7 Å². The Hall–Kier alpha value is -1.07. The third kappa shape index (κ3) is 4.27. The standard InChI is InChI=1S/C18H29NO4/c1-18(2,3)23-17(20)19-14-6-7-15(19)12-13(11-14)5-8-16-21-9-4-10-22-16/h11,14-16H,4-10,12H2,1-3H3. The zero-order valence-electron chi connectivity index (χ0n) is 14.5. The summed E-state index contributed by atoms with van der Waals surface area (Å²) in [6.07, 6.45) is 8.04. The maximum absolute atomic E-state index is 12.4. The molecule has 5 nitrogen and oxygen atoms in total. The van der Waals surface area contributed by atoms with Crippen LogP contribution < -0.4 is 0 Å². The van der Waals surface area contributed by atoms with Crippen molar-refractivity contribution in [3.05, 3.63) is 11.6 Å². The fraction of sp³-hybridized carbons (Fsp3) is 0.833. The first-order valence-electron chi connectivity index (χ1n) is 8.86. The average Bonchev–Trinajstić information content (AvgIpc) is 2.76. The number of nitrogens with zero attached hydrogens (tertiary/aromatic N) is 1. The second-order valence-electron chi connectivity index (χ2n) is 7.78. The lowest BCUT2D eigenvalue weighted by Gasteiger charge is -2.35. The van der Waals surface area contributed by atoms with E-state index in [4.69, 9.17) is 14.2 Å². The Morgan fingerprint density at radius 2 is 2.04 bits per heavy atom. The minimum Gasteiger partial charge on any atom is -0.444 e. The van der Waals surface area contributed by atoms with Gasteiger partial charge >= 0.3 is 6.09 Å². The summed E-state index contributed by atoms with van der Waals surface area (Å²) in [5.41, 5.74) is 1.01. The number of amides is 1. The first-order chi connectivity index (χ1) is 10.9. The first-order valence-corrected chi connectivity index (χ1v) is 8.86. The van der Waals surface area contributed by atoms with E-state index in [0.29, 0.717) is 6.04 Å². The van der Waals surface area contributed by atoms with Crippen LogP contribution in [0.1, 0.15) is 59.3 Å². The topological polar surface area (TPSA) is 48.0 Å². The molecule has 3 heterocycles. The lowest BCUT2D eigenvalue weighted by molar-refractivity contribution is -0.180. The molecular weight excluding hydrogens is 294 g/mol. The molecule has 0 aliphatic carbocycles. The predicted molar refractivity (Wildman–Crippen MR) is 87.1 cm³/mol. The molecule has 2 bridgehead atoms. The molecule has 23 heavy (non-hydrogen) atoms. The molecule has 0 aromatic heterocycles. The molecule has 2 fully saturated rings. The Balaban J connectivity index is 1.56. The third-order valence-electron chi connectivity index (χ3n) is 4.67. The smallest absolute Gasteiger partial charge is 0.411 e. The van der Waals surface area contributed by atoms with E-state index in [9.17, 15) is 4.79 Å². The summed E-state index contributed by atoms with van der Waals surface area (Å²) in [7, 11) is 0. The monoisotopic (exact) mass is 323 g/mol. The summed E-state index contributed by atoms with van der Waals surface area (Å²) in [4.78, 5) is 14.4. The van der Waals surface area contributed by atoms with Gasteiger partial charge in [-0.05, 0) is 52.9 Å². The predicted octanol–water partition coefficient (Wildman–Crippen LogP) is 3.63. The van der Waals surface area contributed by atoms with Crippen LogP contribution in [0, 0.1) is 0 Å². The quantitative estimate of drug-likeness (QED) is 0.744. The van der Waals surface area contributed by atoms with Gasteiger partial charge in [0.05, 0.1) is 19.3 Å². The van der Waals surface area contributed by atoms with Crippen molar-refractivity contribution >= 4 is 6.09 Å². The van der Waals surface area contributed by atoms with Crippen LogP contribution in [0.5, 0.6) is 0 Å². The molecule has 0 aromatic carbocycles. The van der Waals surface area contributed by atoms with Crippen molar-refractivity contribution in [2.75, 3.05) is 13.2 Å². The Labute approximate surface area is 138 Å². The number of hydrogen-bond acceptors (Lipinski definition) is 4. The second-order valence-corrected chi connectivity index (χ2v) is 7.78. The van der Waals surface area contributed by atoms with Gasteiger partial charge in [-0.25, -0.2) is 4.79 Å². The molecule has 1 amide bonds. The zero-order chi connectivity index (χ0) is 16.4. The van der Waals surface area contributed by atoms with Gasteiger partial charge < -0.3 is 14.2 Å². The van der Waals surface area contributed by atoms with E-state index in [1.807, 2.05) is 25.7 Å². The van der Waals surface area contributed by atoms with E-state index in [2.05, 4.69) is 6.08 Å². The highest BCUT2D eigenvalue weighted by molar-refractivity contribution is 5.70. The van der Waals surface area contributed by atoms with E-state index >= 15 is 0 Å². The molecule has 0 spiro atoms. The van der Waals surface area contributed by atoms with E-state index in [-0.39, 0.29) is 18.4 Å². The largest absolute Gasteiger partial charge is 0.444 e. The van der Waals surface area contributed by atoms with Gasteiger partial charge in [0, 0.05) is 12.5 Å². The number of rotatable bonds is 3. The van der Waals surface area contributed by atoms with Crippen molar-refractivity contribution in [1.29, 1.82) is 0 Å². The Bertz CT molecular complexity index is 462. The van der Waals surface area contributed by atoms with Crippen LogP contribution in [0.2, 0.25) is 0 Å². The Morgan fingerprint density at radius 1 is 1.30 bits per heavy atom. The molecule has 0 aromatic rings. The van der Waals surface area contributed by atoms with Gasteiger partial charge in [-0.2, -0.15) is 0 Å². The van der Waals surface area contributed by atoms with Crippen molar-refractivity contribution in [2.45, 2.75) is 83.3 Å². The summed E-state index contributed by atoms with van der Waals surface area (Å²) in [5.74, 6) is 0. The van der Waals surface area contributed by atoms with Gasteiger partial charge in [0.25, 0.3) is 0 Å². The number of hydrogen-bond donors (Lipinski definition) is 0. The number of ether oxygens (including phenoxy) is 3. The molecule has 3 aliphatic rings. The highest BCUT2D eigenvalue weighted by Gasteiger charge is 2.41. The molecule has 2 unspecified atom stereocenters. The summed E-state index contributed by atoms with van der Waals surface area (Å²) < 4.78 is 16.8. The summed E-state index contributed by atoms with van der Waals surface area (Å²) in [5, 5.41) is 0. The van der Waals surface area contributed by atoms with Crippen LogP contribution in [-0.2, 0) is 14.2 Å². The van der Waals surface area contributed by atoms with Crippen molar-refractivity contribution in [1.82, 2.24) is 4.90 Å². The third-order valence-corrected chi connectivity index (χ3v) is 4.67. The fourth-order valence-corrected chi connectivity index (χ4v) is 3.71. The molecule has 0 saturated carbocycles. The van der Waals surface area contributed by atoms with Gasteiger partial charge in [0.2, 0.25) is 0 Å². The highest BCUT2D eigenvalue weighted by atomic mass is 16.7. The zero-order valence-corrected chi connectivity index (χ0v) is 14.5. The van der Waals surface area contributed by atoms with E-state index in [1.165, 1.54) is 5.57 Å². The van der Waals surface area contributed by atoms with Crippen molar-refractivity contribution in [3.63, 3.8) is 0 Å². The SMILES string of the molecule is CC(C)(C)OC(=O)N1C2C=C(CCC3OCCCO3)CC1CC2. The van der Waals surface area contributed by atoms with Crippen molar-refractivity contribution in [3.8, 4) is 0 Å². The van der Waals surface area contributed by atoms with Crippen LogP contribution in [0.15, 0.2) is 11.6 Å². The van der Waals surface area contributed by atoms with E-state index in [1.54, 1.807) is 0 Å². The molecular formula is C18H29NO4. The molecule has 0 N–H and O–H groups in total. The minimum absolute atomic E-state index is 0.0498. The maximum atomic E-state index is 12.4. The molecule has 3 rings (SSSR count). The summed E-state index contributed by atoms with van der Waals surface area (Å²) >= 11 is 0. The lowest BCUT2D eigenvalue weighted by Crippen LogP contribution is -2.45. The van der Waals surface area contributed by atoms with Crippen molar-refractivity contribution < 1.29 is 19.0 Å². The number of fused-ring (bicyclic) bond motifs is 2. The van der Waals surface area contributed by atoms with Gasteiger partial charge in [0.1, 0.15) is 5.60 Å². The van der Waals surface area contributed by atoms with Gasteiger partial charge in [-0.15, -0.1) is 0 Å². The van der Waals surface area contributed by atoms with Gasteiger partial charge in [0.15, 0.2) is 6.29 Å². The molecule has 2 atom stereocenters. The molecule has 5 heteroatoms. The van der Waals surface area contributed by atoms with Crippen LogP contribution in [0.3, 0.4) is 0 Å². The van der Waals surface area contributed by atoms with Crippen LogP contribution in [0.4, 0.5) is 4.79 Å². The summed E-state index contributed by atoms with van der Waals surface area (Å²) in [6.45, 7) is 7.37. The van der Waals surface area contributed by atoms with Crippen LogP contribution in [-0.4, -0.2) is 48.2 Å². The molecule has 3 aliphatic heterocycles. The molecule has 130 valence electrons. The van der Waals surface area contributed by atoms with E-state index < -0.39 is 5.60 Å². The lowest BCUT2D eigenvalue weighted by atomic mass is 9.97. The Kier molecular flexibility index (Phi) is 4.97. The molecule has 2 saturated heterocycles. The second kappa shape index (κ2) is 6.81. The highest BCUT2D eigenvalue weighted by Crippen LogP contribution is 2.37. The van der Waals surface area contributed by atoms with Gasteiger partial charge in [-0.3, -0.25) is 4.90 Å².